The topological polar surface area (TPSA) is 85.8 Å². The lowest BCUT2D eigenvalue weighted by Gasteiger charge is -2.10. The highest BCUT2D eigenvalue weighted by Crippen LogP contribution is 2.20. The fourth-order valence-corrected chi connectivity index (χ4v) is 2.39. The molecule has 20 heavy (non-hydrogen) atoms. The number of amides is 1. The lowest BCUT2D eigenvalue weighted by molar-refractivity contribution is 0.0938. The maximum Gasteiger partial charge on any atom is 0.269 e. The highest BCUT2D eigenvalue weighted by atomic mass is 16.2. The Bertz CT molecular complexity index is 552. The first-order valence-corrected chi connectivity index (χ1v) is 6.89. The van der Waals surface area contributed by atoms with E-state index in [-0.39, 0.29) is 11.7 Å². The Hall–Kier alpha value is -2.09. The smallest absolute Gasteiger partial charge is 0.269 e. The molecule has 0 aliphatic heterocycles. The summed E-state index contributed by atoms with van der Waals surface area (Å²) in [6, 6.07) is 1.57. The summed E-state index contributed by atoms with van der Waals surface area (Å²) in [6.45, 7) is 7.13. The molecule has 5 nitrogen and oxygen atoms in total. The number of Topliss-reactive ketones (excluding diaryl/α,β-unsaturated/α-hetero) is 1. The lowest BCUT2D eigenvalue weighted by Crippen LogP contribution is -2.34. The van der Waals surface area contributed by atoms with Gasteiger partial charge in [0.25, 0.3) is 5.91 Å². The summed E-state index contributed by atoms with van der Waals surface area (Å²) in [5.74, 6) is -0.377. The second kappa shape index (κ2) is 6.90. The van der Waals surface area contributed by atoms with Crippen molar-refractivity contribution in [3.05, 3.63) is 22.5 Å². The van der Waals surface area contributed by atoms with Crippen LogP contribution in [-0.4, -0.2) is 22.7 Å². The van der Waals surface area contributed by atoms with E-state index in [4.69, 9.17) is 5.26 Å². The van der Waals surface area contributed by atoms with Gasteiger partial charge in [-0.1, -0.05) is 20.3 Å². The van der Waals surface area contributed by atoms with Crippen molar-refractivity contribution < 1.29 is 9.59 Å². The summed E-state index contributed by atoms with van der Waals surface area (Å²) in [6.07, 6.45) is 2.03. The maximum absolute atomic E-state index is 12.3. The molecule has 1 unspecified atom stereocenters. The highest BCUT2D eigenvalue weighted by molar-refractivity contribution is 6.02. The summed E-state index contributed by atoms with van der Waals surface area (Å²) in [5, 5.41) is 11.7. The molecule has 0 fully saturated rings. The summed E-state index contributed by atoms with van der Waals surface area (Å²) in [7, 11) is 0. The van der Waals surface area contributed by atoms with Gasteiger partial charge in [0.2, 0.25) is 0 Å². The number of hydrogen-bond acceptors (Lipinski definition) is 3. The van der Waals surface area contributed by atoms with Crippen LogP contribution in [0.5, 0.6) is 0 Å². The van der Waals surface area contributed by atoms with E-state index < -0.39 is 6.04 Å². The van der Waals surface area contributed by atoms with Gasteiger partial charge in [-0.2, -0.15) is 5.26 Å². The molecule has 1 heterocycles. The Morgan fingerprint density at radius 1 is 1.40 bits per heavy atom. The Morgan fingerprint density at radius 2 is 2.05 bits per heavy atom. The minimum atomic E-state index is -0.499. The van der Waals surface area contributed by atoms with Crippen molar-refractivity contribution in [2.45, 2.75) is 53.0 Å². The number of nitrogens with zero attached hydrogens (tertiary/aromatic N) is 1. The van der Waals surface area contributed by atoms with E-state index in [1.807, 2.05) is 13.8 Å². The zero-order valence-corrected chi connectivity index (χ0v) is 12.5. The molecule has 108 valence electrons. The number of ketones is 1. The Morgan fingerprint density at radius 3 is 2.50 bits per heavy atom. The lowest BCUT2D eigenvalue weighted by atomic mass is 10.0. The van der Waals surface area contributed by atoms with Gasteiger partial charge >= 0.3 is 0 Å². The number of H-pyrrole nitrogens is 1. The van der Waals surface area contributed by atoms with Crippen molar-refractivity contribution in [3.8, 4) is 6.07 Å². The number of hydrogen-bond donors (Lipinski definition) is 2. The van der Waals surface area contributed by atoms with Crippen LogP contribution in [0.3, 0.4) is 0 Å². The number of rotatable bonds is 6. The van der Waals surface area contributed by atoms with Crippen LogP contribution in [0.1, 0.15) is 65.7 Å². The third kappa shape index (κ3) is 3.27. The first-order valence-electron chi connectivity index (χ1n) is 6.89. The zero-order valence-electron chi connectivity index (χ0n) is 12.5. The molecule has 1 atom stereocenters. The Kier molecular flexibility index (Phi) is 5.51. The van der Waals surface area contributed by atoms with Crippen LogP contribution in [0.4, 0.5) is 0 Å². The Labute approximate surface area is 119 Å². The number of nitriles is 1. The van der Waals surface area contributed by atoms with Crippen LogP contribution < -0.4 is 5.32 Å². The molecule has 0 saturated carbocycles. The van der Waals surface area contributed by atoms with Crippen LogP contribution >= 0.6 is 0 Å². The summed E-state index contributed by atoms with van der Waals surface area (Å²) in [5.41, 5.74) is 2.40. The second-order valence-electron chi connectivity index (χ2n) is 4.83. The number of aromatic nitrogens is 1. The van der Waals surface area contributed by atoms with Crippen LogP contribution in [0.25, 0.3) is 0 Å². The van der Waals surface area contributed by atoms with E-state index in [1.54, 1.807) is 6.92 Å². The molecule has 0 aliphatic carbocycles. The average Bonchev–Trinajstić information content (AvgIpc) is 2.74. The van der Waals surface area contributed by atoms with E-state index in [2.05, 4.69) is 16.4 Å². The molecule has 1 aromatic heterocycles. The van der Waals surface area contributed by atoms with Gasteiger partial charge in [-0.05, 0) is 32.3 Å². The van der Waals surface area contributed by atoms with Crippen molar-refractivity contribution in [1.29, 1.82) is 5.26 Å². The first-order chi connectivity index (χ1) is 9.46. The maximum atomic E-state index is 12.3. The largest absolute Gasteiger partial charge is 0.354 e. The minimum Gasteiger partial charge on any atom is -0.354 e. The standard InChI is InChI=1S/C15H21N3O2/c1-5-7-11(8-16)18-15(20)14-12(6-2)13(10(4)19)9(3)17-14/h11,17H,5-7H2,1-4H3,(H,18,20). The van der Waals surface area contributed by atoms with Gasteiger partial charge in [0.15, 0.2) is 5.78 Å². The molecule has 1 amide bonds. The number of aromatic amines is 1. The molecular weight excluding hydrogens is 254 g/mol. The fourth-order valence-electron chi connectivity index (χ4n) is 2.39. The molecule has 0 radical (unpaired) electrons. The van der Waals surface area contributed by atoms with Gasteiger partial charge < -0.3 is 10.3 Å². The monoisotopic (exact) mass is 275 g/mol. The van der Waals surface area contributed by atoms with Crippen LogP contribution in [-0.2, 0) is 6.42 Å². The highest BCUT2D eigenvalue weighted by Gasteiger charge is 2.22. The fraction of sp³-hybridized carbons (Fsp3) is 0.533. The molecular formula is C15H21N3O2. The quantitative estimate of drug-likeness (QED) is 0.782. The van der Waals surface area contributed by atoms with Crippen molar-refractivity contribution in [1.82, 2.24) is 10.3 Å². The minimum absolute atomic E-state index is 0.0555. The van der Waals surface area contributed by atoms with E-state index >= 15 is 0 Å². The SMILES string of the molecule is CCCC(C#N)NC(=O)c1[nH]c(C)c(C(C)=O)c1CC. The number of nitrogens with one attached hydrogen (secondary N) is 2. The molecule has 2 N–H and O–H groups in total. The molecule has 5 heteroatoms. The Balaban J connectivity index is 3.08. The molecule has 0 aromatic carbocycles. The van der Waals surface area contributed by atoms with Gasteiger partial charge in [-0.25, -0.2) is 0 Å². The van der Waals surface area contributed by atoms with Crippen LogP contribution in [0.2, 0.25) is 0 Å². The third-order valence-electron chi connectivity index (χ3n) is 3.26. The van der Waals surface area contributed by atoms with E-state index in [1.165, 1.54) is 6.92 Å². The van der Waals surface area contributed by atoms with E-state index in [9.17, 15) is 9.59 Å². The third-order valence-corrected chi connectivity index (χ3v) is 3.26. The van der Waals surface area contributed by atoms with Crippen molar-refractivity contribution >= 4 is 11.7 Å². The molecule has 0 spiro atoms. The zero-order chi connectivity index (χ0) is 15.3. The summed E-state index contributed by atoms with van der Waals surface area (Å²) >= 11 is 0. The van der Waals surface area contributed by atoms with Gasteiger partial charge in [-0.15, -0.1) is 0 Å². The number of carbonyl (C=O) groups excluding carboxylic acids is 2. The van der Waals surface area contributed by atoms with Gasteiger partial charge in [0.1, 0.15) is 11.7 Å². The normalized spacial score (nSPS) is 11.8. The molecule has 0 bridgehead atoms. The predicted molar refractivity (Wildman–Crippen MR) is 76.7 cm³/mol. The molecule has 0 aliphatic rings. The van der Waals surface area contributed by atoms with Crippen molar-refractivity contribution in [3.63, 3.8) is 0 Å². The van der Waals surface area contributed by atoms with Gasteiger partial charge in [-0.3, -0.25) is 9.59 Å². The molecule has 1 aromatic rings. The molecule has 1 rings (SSSR count). The first kappa shape index (κ1) is 16.0. The van der Waals surface area contributed by atoms with E-state index in [0.717, 1.165) is 12.0 Å². The van der Waals surface area contributed by atoms with E-state index in [0.29, 0.717) is 29.8 Å². The van der Waals surface area contributed by atoms with Crippen molar-refractivity contribution in [2.75, 3.05) is 0 Å². The van der Waals surface area contributed by atoms with Crippen LogP contribution in [0, 0.1) is 18.3 Å². The predicted octanol–water partition coefficient (Wildman–Crippen LogP) is 2.51. The van der Waals surface area contributed by atoms with Gasteiger partial charge in [0, 0.05) is 11.3 Å². The second-order valence-corrected chi connectivity index (χ2v) is 4.83. The number of aryl methyl sites for hydroxylation is 1. The van der Waals surface area contributed by atoms with Crippen LogP contribution in [0.15, 0.2) is 0 Å². The molecule has 0 saturated heterocycles. The number of carbonyl (C=O) groups is 2. The van der Waals surface area contributed by atoms with Crippen molar-refractivity contribution in [2.24, 2.45) is 0 Å². The summed E-state index contributed by atoms with van der Waals surface area (Å²) < 4.78 is 0. The average molecular weight is 275 g/mol. The summed E-state index contributed by atoms with van der Waals surface area (Å²) in [4.78, 5) is 26.9. The van der Waals surface area contributed by atoms with Gasteiger partial charge in [0.05, 0.1) is 6.07 Å².